The van der Waals surface area contributed by atoms with Crippen LogP contribution in [0.5, 0.6) is 5.75 Å². The Bertz CT molecular complexity index is 1280. The lowest BCUT2D eigenvalue weighted by atomic mass is 9.80. The number of carbonyl (C=O) groups is 1. The van der Waals surface area contributed by atoms with Crippen LogP contribution in [0.3, 0.4) is 0 Å². The predicted molar refractivity (Wildman–Crippen MR) is 141 cm³/mol. The summed E-state index contributed by atoms with van der Waals surface area (Å²) >= 11 is 0. The zero-order chi connectivity index (χ0) is 29.7. The SMILES string of the molecule is CCC(c1cc(C(F)(F)F)ccc1C(F)(F)F)N1CCC2(CCc3ccc(C(C4CC4)C(C)C(=O)O)cc3O2)CC1. The number of alkyl halides is 6. The van der Waals surface area contributed by atoms with E-state index in [0.29, 0.717) is 50.0 Å². The summed E-state index contributed by atoms with van der Waals surface area (Å²) in [4.78, 5) is 13.6. The Hall–Kier alpha value is -2.75. The van der Waals surface area contributed by atoms with Crippen LogP contribution in [0.2, 0.25) is 0 Å². The van der Waals surface area contributed by atoms with Gasteiger partial charge >= 0.3 is 18.3 Å². The molecule has 1 aliphatic carbocycles. The van der Waals surface area contributed by atoms with Crippen LogP contribution in [0.25, 0.3) is 0 Å². The molecule has 4 nitrogen and oxygen atoms in total. The predicted octanol–water partition coefficient (Wildman–Crippen LogP) is 8.25. The molecule has 0 bridgehead atoms. The summed E-state index contributed by atoms with van der Waals surface area (Å²) in [5, 5.41) is 9.66. The quantitative estimate of drug-likeness (QED) is 0.334. The topological polar surface area (TPSA) is 49.8 Å². The second-order valence-corrected chi connectivity index (χ2v) is 11.9. The summed E-state index contributed by atoms with van der Waals surface area (Å²) in [5.74, 6) is -0.381. The van der Waals surface area contributed by atoms with E-state index in [9.17, 15) is 36.2 Å². The van der Waals surface area contributed by atoms with Gasteiger partial charge in [0.25, 0.3) is 0 Å². The van der Waals surface area contributed by atoms with Crippen molar-refractivity contribution in [2.75, 3.05) is 13.1 Å². The molecular formula is C31H35F6NO3. The number of carboxylic acids is 1. The molecule has 2 heterocycles. The second-order valence-electron chi connectivity index (χ2n) is 11.9. The molecule has 3 unspecified atom stereocenters. The van der Waals surface area contributed by atoms with Gasteiger partial charge in [-0.25, -0.2) is 0 Å². The molecule has 0 radical (unpaired) electrons. The molecule has 224 valence electrons. The largest absolute Gasteiger partial charge is 0.487 e. The summed E-state index contributed by atoms with van der Waals surface area (Å²) in [6.07, 6.45) is -4.72. The molecule has 1 spiro atoms. The van der Waals surface area contributed by atoms with E-state index in [0.717, 1.165) is 42.6 Å². The Morgan fingerprint density at radius 1 is 1.02 bits per heavy atom. The highest BCUT2D eigenvalue weighted by Gasteiger charge is 2.44. The molecule has 1 saturated heterocycles. The highest BCUT2D eigenvalue weighted by Crippen LogP contribution is 2.49. The summed E-state index contributed by atoms with van der Waals surface area (Å²) < 4.78 is 88.5. The Labute approximate surface area is 235 Å². The Morgan fingerprint density at radius 3 is 2.27 bits per heavy atom. The van der Waals surface area contributed by atoms with E-state index in [4.69, 9.17) is 4.74 Å². The van der Waals surface area contributed by atoms with Crippen LogP contribution in [0.4, 0.5) is 26.3 Å². The number of rotatable bonds is 7. The minimum absolute atomic E-state index is 0.0956. The fourth-order valence-corrected chi connectivity index (χ4v) is 6.85. The number of ether oxygens (including phenoxy) is 1. The number of aliphatic carboxylic acids is 1. The third-order valence-corrected chi connectivity index (χ3v) is 9.29. The third-order valence-electron chi connectivity index (χ3n) is 9.29. The lowest BCUT2D eigenvalue weighted by Crippen LogP contribution is -2.50. The van der Waals surface area contributed by atoms with Gasteiger partial charge in [0.1, 0.15) is 11.4 Å². The zero-order valence-corrected chi connectivity index (χ0v) is 23.1. The molecule has 2 fully saturated rings. The van der Waals surface area contributed by atoms with E-state index < -0.39 is 47.0 Å². The molecule has 2 aromatic carbocycles. The zero-order valence-electron chi connectivity index (χ0n) is 23.1. The smallest absolute Gasteiger partial charge is 0.416 e. The normalized spacial score (nSPS) is 21.6. The van der Waals surface area contributed by atoms with E-state index >= 15 is 0 Å². The summed E-state index contributed by atoms with van der Waals surface area (Å²) in [7, 11) is 0. The van der Waals surface area contributed by atoms with Crippen LogP contribution in [0, 0.1) is 11.8 Å². The molecule has 3 atom stereocenters. The van der Waals surface area contributed by atoms with Gasteiger partial charge in [-0.1, -0.05) is 26.0 Å². The minimum atomic E-state index is -4.77. The van der Waals surface area contributed by atoms with Crippen molar-refractivity contribution in [2.45, 2.75) is 88.7 Å². The summed E-state index contributed by atoms with van der Waals surface area (Å²) in [6.45, 7) is 4.21. The Kier molecular flexibility index (Phi) is 7.85. The molecule has 10 heteroatoms. The number of benzene rings is 2. The number of fused-ring (bicyclic) bond motifs is 1. The molecule has 2 aliphatic heterocycles. The van der Waals surface area contributed by atoms with E-state index in [1.165, 1.54) is 0 Å². The molecule has 1 N–H and O–H groups in total. The van der Waals surface area contributed by atoms with Crippen molar-refractivity contribution in [3.63, 3.8) is 0 Å². The van der Waals surface area contributed by atoms with E-state index in [1.807, 2.05) is 23.1 Å². The molecule has 1 saturated carbocycles. The van der Waals surface area contributed by atoms with Crippen LogP contribution >= 0.6 is 0 Å². The van der Waals surface area contributed by atoms with Gasteiger partial charge in [-0.15, -0.1) is 0 Å². The lowest BCUT2D eigenvalue weighted by Gasteiger charge is -2.47. The van der Waals surface area contributed by atoms with Crippen molar-refractivity contribution >= 4 is 5.97 Å². The van der Waals surface area contributed by atoms with Crippen LogP contribution < -0.4 is 4.74 Å². The number of carboxylic acid groups (broad SMARTS) is 1. The van der Waals surface area contributed by atoms with E-state index in [-0.39, 0.29) is 17.9 Å². The highest BCUT2D eigenvalue weighted by molar-refractivity contribution is 5.71. The first-order valence-corrected chi connectivity index (χ1v) is 14.3. The first-order valence-electron chi connectivity index (χ1n) is 14.3. The van der Waals surface area contributed by atoms with Crippen molar-refractivity contribution in [3.8, 4) is 5.75 Å². The lowest BCUT2D eigenvalue weighted by molar-refractivity contribution is -0.142. The van der Waals surface area contributed by atoms with Crippen LogP contribution in [0.15, 0.2) is 36.4 Å². The van der Waals surface area contributed by atoms with Crippen LogP contribution in [0.1, 0.15) is 92.1 Å². The standard InChI is InChI=1S/C31H35F6NO3/c1-3-25(23-17-22(30(32,33)34)8-9-24(23)31(35,36)37)38-14-12-29(13-15-38)11-10-19-4-7-21(16-26(19)41-29)27(20-5-6-20)18(2)28(39)40/h4,7-9,16-18,20,25,27H,3,5-6,10-15H2,1-2H3,(H,39,40). The van der Waals surface area contributed by atoms with Crippen molar-refractivity contribution in [1.29, 1.82) is 0 Å². The van der Waals surface area contributed by atoms with E-state index in [2.05, 4.69) is 0 Å². The second kappa shape index (κ2) is 10.8. The molecule has 0 amide bonds. The minimum Gasteiger partial charge on any atom is -0.487 e. The summed E-state index contributed by atoms with van der Waals surface area (Å²) in [5.41, 5.74) is -0.986. The highest BCUT2D eigenvalue weighted by atomic mass is 19.4. The maximum atomic E-state index is 13.9. The van der Waals surface area contributed by atoms with Crippen LogP contribution in [-0.4, -0.2) is 34.7 Å². The van der Waals surface area contributed by atoms with Crippen molar-refractivity contribution in [2.24, 2.45) is 11.8 Å². The van der Waals surface area contributed by atoms with Gasteiger partial charge in [0.2, 0.25) is 0 Å². The Morgan fingerprint density at radius 2 is 1.71 bits per heavy atom. The van der Waals surface area contributed by atoms with Gasteiger partial charge in [-0.05, 0) is 97.7 Å². The van der Waals surface area contributed by atoms with Gasteiger partial charge in [0, 0.05) is 19.1 Å². The number of likely N-dealkylation sites (tertiary alicyclic amines) is 1. The molecular weight excluding hydrogens is 548 g/mol. The van der Waals surface area contributed by atoms with E-state index in [1.54, 1.807) is 13.8 Å². The average molecular weight is 584 g/mol. The fraction of sp³-hybridized carbons (Fsp3) is 0.581. The molecule has 5 rings (SSSR count). The maximum Gasteiger partial charge on any atom is 0.416 e. The molecule has 41 heavy (non-hydrogen) atoms. The fourth-order valence-electron chi connectivity index (χ4n) is 6.85. The van der Waals surface area contributed by atoms with Crippen LogP contribution in [-0.2, 0) is 23.6 Å². The van der Waals surface area contributed by atoms with Crippen molar-refractivity contribution in [1.82, 2.24) is 4.90 Å². The summed E-state index contributed by atoms with van der Waals surface area (Å²) in [6, 6.07) is 6.87. The van der Waals surface area contributed by atoms with Gasteiger partial charge in [0.05, 0.1) is 17.0 Å². The first-order chi connectivity index (χ1) is 19.2. The molecule has 0 aromatic heterocycles. The van der Waals surface area contributed by atoms with Crippen molar-refractivity contribution < 1.29 is 41.0 Å². The molecule has 2 aromatic rings. The number of hydrogen-bond donors (Lipinski definition) is 1. The van der Waals surface area contributed by atoms with Crippen molar-refractivity contribution in [3.05, 3.63) is 64.2 Å². The maximum absolute atomic E-state index is 13.9. The number of aryl methyl sites for hydroxylation is 1. The number of halogens is 6. The molecule has 3 aliphatic rings. The first kappa shape index (κ1) is 29.7. The number of nitrogens with zero attached hydrogens (tertiary/aromatic N) is 1. The van der Waals surface area contributed by atoms with Gasteiger partial charge < -0.3 is 9.84 Å². The Balaban J connectivity index is 1.36. The number of hydrogen-bond acceptors (Lipinski definition) is 3. The van der Waals surface area contributed by atoms with Gasteiger partial charge in [0.15, 0.2) is 0 Å². The third kappa shape index (κ3) is 6.08. The van der Waals surface area contributed by atoms with Gasteiger partial charge in [-0.3, -0.25) is 9.69 Å². The monoisotopic (exact) mass is 583 g/mol. The number of piperidine rings is 1. The average Bonchev–Trinajstić information content (AvgIpc) is 3.74. The van der Waals surface area contributed by atoms with Gasteiger partial charge in [-0.2, -0.15) is 26.3 Å².